The van der Waals surface area contributed by atoms with Gasteiger partial charge in [0.2, 0.25) is 5.91 Å². The SMILES string of the molecule is CCOCc1ccccc1NC(=O)C1(C)CCCCN1. The Balaban J connectivity index is 2.07. The second-order valence-electron chi connectivity index (χ2n) is 5.46. The summed E-state index contributed by atoms with van der Waals surface area (Å²) in [5.74, 6) is 0.0427. The molecule has 0 bridgehead atoms. The van der Waals surface area contributed by atoms with Crippen molar-refractivity contribution in [1.29, 1.82) is 0 Å². The van der Waals surface area contributed by atoms with E-state index in [1.165, 1.54) is 0 Å². The summed E-state index contributed by atoms with van der Waals surface area (Å²) in [5, 5.41) is 6.38. The van der Waals surface area contributed by atoms with Crippen molar-refractivity contribution in [2.45, 2.75) is 45.3 Å². The van der Waals surface area contributed by atoms with Crippen molar-refractivity contribution in [3.8, 4) is 0 Å². The topological polar surface area (TPSA) is 50.4 Å². The van der Waals surface area contributed by atoms with Gasteiger partial charge >= 0.3 is 0 Å². The maximum Gasteiger partial charge on any atom is 0.244 e. The van der Waals surface area contributed by atoms with Crippen LogP contribution in [0.5, 0.6) is 0 Å². The quantitative estimate of drug-likeness (QED) is 0.869. The highest BCUT2D eigenvalue weighted by Crippen LogP contribution is 2.23. The summed E-state index contributed by atoms with van der Waals surface area (Å²) >= 11 is 0. The van der Waals surface area contributed by atoms with E-state index in [4.69, 9.17) is 4.74 Å². The first-order valence-corrected chi connectivity index (χ1v) is 7.38. The molecule has 1 amide bonds. The van der Waals surface area contributed by atoms with Crippen LogP contribution < -0.4 is 10.6 Å². The number of carbonyl (C=O) groups excluding carboxylic acids is 1. The Hall–Kier alpha value is -1.39. The number of rotatable bonds is 5. The normalized spacial score (nSPS) is 22.5. The number of para-hydroxylation sites is 1. The number of nitrogens with one attached hydrogen (secondary N) is 2. The van der Waals surface area contributed by atoms with Gasteiger partial charge in [0.1, 0.15) is 0 Å². The van der Waals surface area contributed by atoms with Crippen molar-refractivity contribution in [3.63, 3.8) is 0 Å². The largest absolute Gasteiger partial charge is 0.377 e. The molecule has 1 aromatic carbocycles. The lowest BCUT2D eigenvalue weighted by Crippen LogP contribution is -2.54. The minimum absolute atomic E-state index is 0.0427. The Morgan fingerprint density at radius 2 is 2.20 bits per heavy atom. The van der Waals surface area contributed by atoms with Crippen molar-refractivity contribution in [2.75, 3.05) is 18.5 Å². The molecule has 0 saturated carbocycles. The molecule has 1 aliphatic heterocycles. The highest BCUT2D eigenvalue weighted by atomic mass is 16.5. The third-order valence-corrected chi connectivity index (χ3v) is 3.85. The predicted molar refractivity (Wildman–Crippen MR) is 80.7 cm³/mol. The van der Waals surface area contributed by atoms with E-state index in [2.05, 4.69) is 10.6 Å². The first-order chi connectivity index (χ1) is 9.65. The molecule has 0 radical (unpaired) electrons. The third-order valence-electron chi connectivity index (χ3n) is 3.85. The number of piperidine rings is 1. The van der Waals surface area contributed by atoms with Gasteiger partial charge in [-0.15, -0.1) is 0 Å². The lowest BCUT2D eigenvalue weighted by Gasteiger charge is -2.33. The fraction of sp³-hybridized carbons (Fsp3) is 0.562. The van der Waals surface area contributed by atoms with Gasteiger partial charge in [0.05, 0.1) is 12.1 Å². The summed E-state index contributed by atoms with van der Waals surface area (Å²) < 4.78 is 5.45. The Morgan fingerprint density at radius 3 is 2.90 bits per heavy atom. The van der Waals surface area contributed by atoms with Crippen LogP contribution in [0.15, 0.2) is 24.3 Å². The zero-order valence-electron chi connectivity index (χ0n) is 12.4. The van der Waals surface area contributed by atoms with Gasteiger partial charge in [0.15, 0.2) is 0 Å². The third kappa shape index (κ3) is 3.58. The van der Waals surface area contributed by atoms with Gasteiger partial charge in [-0.25, -0.2) is 0 Å². The van der Waals surface area contributed by atoms with Gasteiger partial charge in [-0.3, -0.25) is 4.79 Å². The van der Waals surface area contributed by atoms with E-state index in [9.17, 15) is 4.79 Å². The zero-order chi connectivity index (χ0) is 14.4. The first kappa shape index (κ1) is 15.0. The van der Waals surface area contributed by atoms with E-state index in [1.807, 2.05) is 38.1 Å². The van der Waals surface area contributed by atoms with Gasteiger partial charge < -0.3 is 15.4 Å². The average molecular weight is 276 g/mol. The fourth-order valence-corrected chi connectivity index (χ4v) is 2.49. The number of carbonyl (C=O) groups is 1. The summed E-state index contributed by atoms with van der Waals surface area (Å²) in [6.45, 7) is 6.05. The number of anilines is 1. The van der Waals surface area contributed by atoms with Gasteiger partial charge in [-0.2, -0.15) is 0 Å². The predicted octanol–water partition coefficient (Wildman–Crippen LogP) is 2.69. The standard InChI is InChI=1S/C16H24N2O2/c1-3-20-12-13-8-4-5-9-14(13)18-15(19)16(2)10-6-7-11-17-16/h4-5,8-9,17H,3,6-7,10-12H2,1-2H3,(H,18,19). The Kier molecular flexibility index (Phi) is 5.15. The van der Waals surface area contributed by atoms with Crippen molar-refractivity contribution < 1.29 is 9.53 Å². The second kappa shape index (κ2) is 6.86. The van der Waals surface area contributed by atoms with Crippen LogP contribution in [0, 0.1) is 0 Å². The highest BCUT2D eigenvalue weighted by Gasteiger charge is 2.34. The number of hydrogen-bond acceptors (Lipinski definition) is 3. The van der Waals surface area contributed by atoms with E-state index in [0.717, 1.165) is 37.1 Å². The van der Waals surface area contributed by atoms with Crippen LogP contribution in [0.25, 0.3) is 0 Å². The van der Waals surface area contributed by atoms with Gasteiger partial charge in [-0.1, -0.05) is 18.2 Å². The molecule has 1 fully saturated rings. The van der Waals surface area contributed by atoms with Gasteiger partial charge in [0, 0.05) is 17.9 Å². The molecule has 0 aliphatic carbocycles. The summed E-state index contributed by atoms with van der Waals surface area (Å²) in [6, 6.07) is 7.81. The van der Waals surface area contributed by atoms with Crippen LogP contribution >= 0.6 is 0 Å². The minimum Gasteiger partial charge on any atom is -0.377 e. The molecule has 2 rings (SSSR count). The molecule has 20 heavy (non-hydrogen) atoms. The van der Waals surface area contributed by atoms with Crippen LogP contribution in [-0.4, -0.2) is 24.6 Å². The summed E-state index contributed by atoms with van der Waals surface area (Å²) in [5.41, 5.74) is 1.40. The minimum atomic E-state index is -0.461. The molecule has 0 spiro atoms. The summed E-state index contributed by atoms with van der Waals surface area (Å²) in [4.78, 5) is 12.5. The molecule has 1 saturated heterocycles. The van der Waals surface area contributed by atoms with Crippen LogP contribution in [0.4, 0.5) is 5.69 Å². The van der Waals surface area contributed by atoms with Gasteiger partial charge in [-0.05, 0) is 45.7 Å². The van der Waals surface area contributed by atoms with E-state index >= 15 is 0 Å². The zero-order valence-corrected chi connectivity index (χ0v) is 12.4. The van der Waals surface area contributed by atoms with E-state index < -0.39 is 5.54 Å². The maximum atomic E-state index is 12.5. The molecule has 0 aromatic heterocycles. The van der Waals surface area contributed by atoms with Crippen molar-refractivity contribution >= 4 is 11.6 Å². The number of benzene rings is 1. The molecule has 1 aliphatic rings. The second-order valence-corrected chi connectivity index (χ2v) is 5.46. The average Bonchev–Trinajstić information content (AvgIpc) is 2.47. The van der Waals surface area contributed by atoms with Crippen molar-refractivity contribution in [3.05, 3.63) is 29.8 Å². The Bertz CT molecular complexity index is 454. The number of amides is 1. The molecule has 1 unspecified atom stereocenters. The van der Waals surface area contributed by atoms with Gasteiger partial charge in [0.25, 0.3) is 0 Å². The van der Waals surface area contributed by atoms with Crippen LogP contribution in [0.2, 0.25) is 0 Å². The molecular formula is C16H24N2O2. The van der Waals surface area contributed by atoms with Crippen molar-refractivity contribution in [1.82, 2.24) is 5.32 Å². The summed E-state index contributed by atoms with van der Waals surface area (Å²) in [7, 11) is 0. The molecule has 1 heterocycles. The molecule has 110 valence electrons. The van der Waals surface area contributed by atoms with Crippen LogP contribution in [0.3, 0.4) is 0 Å². The molecule has 4 nitrogen and oxygen atoms in total. The molecule has 2 N–H and O–H groups in total. The number of ether oxygens (including phenoxy) is 1. The lowest BCUT2D eigenvalue weighted by atomic mass is 9.90. The van der Waals surface area contributed by atoms with E-state index in [-0.39, 0.29) is 5.91 Å². The van der Waals surface area contributed by atoms with E-state index in [1.54, 1.807) is 0 Å². The van der Waals surface area contributed by atoms with Crippen LogP contribution in [0.1, 0.15) is 38.7 Å². The molecule has 1 atom stereocenters. The molecular weight excluding hydrogens is 252 g/mol. The maximum absolute atomic E-state index is 12.5. The van der Waals surface area contributed by atoms with Crippen molar-refractivity contribution in [2.24, 2.45) is 0 Å². The van der Waals surface area contributed by atoms with Crippen LogP contribution in [-0.2, 0) is 16.1 Å². The Labute approximate surface area is 120 Å². The summed E-state index contributed by atoms with van der Waals surface area (Å²) in [6.07, 6.45) is 3.12. The highest BCUT2D eigenvalue weighted by molar-refractivity contribution is 5.98. The monoisotopic (exact) mass is 276 g/mol. The Morgan fingerprint density at radius 1 is 1.40 bits per heavy atom. The first-order valence-electron chi connectivity index (χ1n) is 7.38. The fourth-order valence-electron chi connectivity index (χ4n) is 2.49. The molecule has 4 heteroatoms. The smallest absolute Gasteiger partial charge is 0.244 e. The number of hydrogen-bond donors (Lipinski definition) is 2. The lowest BCUT2D eigenvalue weighted by molar-refractivity contribution is -0.122. The molecule has 1 aromatic rings. The van der Waals surface area contributed by atoms with E-state index in [0.29, 0.717) is 13.2 Å².